The Morgan fingerprint density at radius 1 is 1.10 bits per heavy atom. The van der Waals surface area contributed by atoms with Crippen molar-refractivity contribution in [3.05, 3.63) is 51.2 Å². The van der Waals surface area contributed by atoms with E-state index in [-0.39, 0.29) is 29.6 Å². The number of aryl methyl sites for hydroxylation is 1. The molecule has 1 saturated heterocycles. The van der Waals surface area contributed by atoms with Crippen molar-refractivity contribution in [2.75, 3.05) is 13.1 Å². The van der Waals surface area contributed by atoms with Crippen LogP contribution in [0.1, 0.15) is 70.9 Å². The smallest absolute Gasteiger partial charge is 0.265 e. The highest BCUT2D eigenvalue weighted by atomic mass is 32.1. The van der Waals surface area contributed by atoms with Gasteiger partial charge in [0, 0.05) is 31.5 Å². The highest BCUT2D eigenvalue weighted by molar-refractivity contribution is 7.13. The number of nitrogens with one attached hydrogen (secondary N) is 1. The van der Waals surface area contributed by atoms with Crippen molar-refractivity contribution in [2.24, 2.45) is 5.92 Å². The molecule has 2 heterocycles. The molecule has 1 aromatic carbocycles. The molecular weight excluding hydrogens is 413 g/mol. The van der Waals surface area contributed by atoms with Gasteiger partial charge in [-0.05, 0) is 50.3 Å². The van der Waals surface area contributed by atoms with Crippen molar-refractivity contribution in [3.8, 4) is 0 Å². The van der Waals surface area contributed by atoms with Crippen LogP contribution < -0.4 is 5.32 Å². The van der Waals surface area contributed by atoms with Crippen molar-refractivity contribution in [1.29, 1.82) is 0 Å². The molecule has 1 aliphatic carbocycles. The normalized spacial score (nSPS) is 18.2. The summed E-state index contributed by atoms with van der Waals surface area (Å²) >= 11 is 1.42. The zero-order chi connectivity index (χ0) is 21.8. The van der Waals surface area contributed by atoms with Crippen molar-refractivity contribution >= 4 is 23.2 Å². The van der Waals surface area contributed by atoms with Crippen LogP contribution in [0.3, 0.4) is 0 Å². The van der Waals surface area contributed by atoms with E-state index in [1.807, 2.05) is 11.8 Å². The molecule has 2 amide bonds. The number of thiazole rings is 1. The number of rotatable bonds is 5. The largest absolute Gasteiger partial charge is 0.353 e. The Morgan fingerprint density at radius 2 is 1.77 bits per heavy atom. The van der Waals surface area contributed by atoms with Crippen molar-refractivity contribution in [3.63, 3.8) is 0 Å². The molecule has 4 rings (SSSR count). The first kappa shape index (κ1) is 21.9. The molecule has 1 aliphatic heterocycles. The number of carbonyl (C=O) groups is 2. The van der Waals surface area contributed by atoms with E-state index in [4.69, 9.17) is 0 Å². The number of hydrogen-bond donors (Lipinski definition) is 1. The van der Waals surface area contributed by atoms with E-state index in [0.29, 0.717) is 24.4 Å². The Labute approximate surface area is 187 Å². The molecule has 0 bridgehead atoms. The predicted molar refractivity (Wildman–Crippen MR) is 120 cm³/mol. The molecule has 1 N–H and O–H groups in total. The van der Waals surface area contributed by atoms with Crippen LogP contribution in [-0.4, -0.2) is 40.8 Å². The maximum Gasteiger partial charge on any atom is 0.265 e. The van der Waals surface area contributed by atoms with Gasteiger partial charge in [-0.1, -0.05) is 31.4 Å². The average Bonchev–Trinajstić information content (AvgIpc) is 3.16. The van der Waals surface area contributed by atoms with E-state index in [9.17, 15) is 14.0 Å². The zero-order valence-corrected chi connectivity index (χ0v) is 18.8. The third kappa shape index (κ3) is 5.50. The number of aromatic nitrogens is 1. The molecule has 7 heteroatoms. The molecular formula is C24H30FN3O2S. The predicted octanol–water partition coefficient (Wildman–Crippen LogP) is 4.48. The number of piperidine rings is 1. The molecule has 31 heavy (non-hydrogen) atoms. The number of amides is 2. The Morgan fingerprint density at radius 3 is 2.45 bits per heavy atom. The summed E-state index contributed by atoms with van der Waals surface area (Å²) in [6, 6.07) is 6.55. The highest BCUT2D eigenvalue weighted by Crippen LogP contribution is 2.26. The fourth-order valence-electron chi connectivity index (χ4n) is 4.56. The standard InChI is InChI=1S/C24H30FN3O2S/c1-16-22(31-21(26-16)15-17-7-9-19(25)10-8-17)24(30)28-13-11-20(12-14-28)27-23(29)18-5-3-2-4-6-18/h7-10,18,20H,2-6,11-15H2,1H3,(H,27,29). The van der Waals surface area contributed by atoms with Gasteiger partial charge < -0.3 is 10.2 Å². The van der Waals surface area contributed by atoms with Crippen molar-refractivity contribution in [1.82, 2.24) is 15.2 Å². The molecule has 1 aromatic heterocycles. The van der Waals surface area contributed by atoms with Crippen LogP contribution in [0.15, 0.2) is 24.3 Å². The van der Waals surface area contributed by atoms with Gasteiger partial charge >= 0.3 is 0 Å². The first-order valence-corrected chi connectivity index (χ1v) is 12.1. The van der Waals surface area contributed by atoms with E-state index in [1.54, 1.807) is 12.1 Å². The van der Waals surface area contributed by atoms with Gasteiger partial charge in [0.1, 0.15) is 10.7 Å². The molecule has 0 unspecified atom stereocenters. The van der Waals surface area contributed by atoms with Crippen LogP contribution in [-0.2, 0) is 11.2 Å². The van der Waals surface area contributed by atoms with Crippen LogP contribution in [0.5, 0.6) is 0 Å². The van der Waals surface area contributed by atoms with Crippen LogP contribution in [0.2, 0.25) is 0 Å². The van der Waals surface area contributed by atoms with Gasteiger partial charge in [0.15, 0.2) is 0 Å². The van der Waals surface area contributed by atoms with Crippen molar-refractivity contribution in [2.45, 2.75) is 64.3 Å². The van der Waals surface area contributed by atoms with Gasteiger partial charge in [-0.15, -0.1) is 11.3 Å². The molecule has 1 saturated carbocycles. The Kier molecular flexibility index (Phi) is 7.00. The first-order valence-electron chi connectivity index (χ1n) is 11.3. The summed E-state index contributed by atoms with van der Waals surface area (Å²) in [5.41, 5.74) is 1.73. The number of nitrogens with zero attached hydrogens (tertiary/aromatic N) is 2. The Balaban J connectivity index is 1.30. The third-order valence-corrected chi connectivity index (χ3v) is 7.55. The number of likely N-dealkylation sites (tertiary alicyclic amines) is 1. The summed E-state index contributed by atoms with van der Waals surface area (Å²) in [6.45, 7) is 3.17. The fraction of sp³-hybridized carbons (Fsp3) is 0.542. The Hall–Kier alpha value is -2.28. The summed E-state index contributed by atoms with van der Waals surface area (Å²) in [5, 5.41) is 4.08. The summed E-state index contributed by atoms with van der Waals surface area (Å²) in [6.07, 6.45) is 7.75. The van der Waals surface area contributed by atoms with Gasteiger partial charge in [-0.25, -0.2) is 9.37 Å². The maximum absolute atomic E-state index is 13.1. The van der Waals surface area contributed by atoms with Crippen molar-refractivity contribution < 1.29 is 14.0 Å². The second-order valence-electron chi connectivity index (χ2n) is 8.74. The quantitative estimate of drug-likeness (QED) is 0.741. The molecule has 2 aliphatic rings. The average molecular weight is 444 g/mol. The number of carbonyl (C=O) groups excluding carboxylic acids is 2. The lowest BCUT2D eigenvalue weighted by Gasteiger charge is -2.33. The lowest BCUT2D eigenvalue weighted by Crippen LogP contribution is -2.48. The van der Waals surface area contributed by atoms with E-state index in [1.165, 1.54) is 29.9 Å². The summed E-state index contributed by atoms with van der Waals surface area (Å²) in [4.78, 5) is 32.7. The maximum atomic E-state index is 13.1. The number of benzene rings is 1. The molecule has 5 nitrogen and oxygen atoms in total. The summed E-state index contributed by atoms with van der Waals surface area (Å²) in [5.74, 6) is 0.145. The second-order valence-corrected chi connectivity index (χ2v) is 9.82. The number of hydrogen-bond acceptors (Lipinski definition) is 4. The van der Waals surface area contributed by atoms with Gasteiger partial charge in [0.25, 0.3) is 5.91 Å². The minimum atomic E-state index is -0.256. The lowest BCUT2D eigenvalue weighted by atomic mass is 9.88. The SMILES string of the molecule is Cc1nc(Cc2ccc(F)cc2)sc1C(=O)N1CCC(NC(=O)C2CCCCC2)CC1. The third-order valence-electron chi connectivity index (χ3n) is 6.41. The lowest BCUT2D eigenvalue weighted by molar-refractivity contribution is -0.126. The molecule has 0 spiro atoms. The van der Waals surface area contributed by atoms with Crippen LogP contribution in [0.4, 0.5) is 4.39 Å². The molecule has 2 aromatic rings. The molecule has 0 atom stereocenters. The second kappa shape index (κ2) is 9.90. The summed E-state index contributed by atoms with van der Waals surface area (Å²) < 4.78 is 13.1. The minimum absolute atomic E-state index is 0.0254. The monoisotopic (exact) mass is 443 g/mol. The van der Waals surface area contributed by atoms with Crippen LogP contribution >= 0.6 is 11.3 Å². The molecule has 0 radical (unpaired) electrons. The van der Waals surface area contributed by atoms with Gasteiger partial charge in [-0.3, -0.25) is 9.59 Å². The molecule has 166 valence electrons. The zero-order valence-electron chi connectivity index (χ0n) is 18.0. The highest BCUT2D eigenvalue weighted by Gasteiger charge is 2.29. The number of halogens is 1. The summed E-state index contributed by atoms with van der Waals surface area (Å²) in [7, 11) is 0. The first-order chi connectivity index (χ1) is 15.0. The van der Waals surface area contributed by atoms with Gasteiger partial charge in [0.05, 0.1) is 10.7 Å². The topological polar surface area (TPSA) is 62.3 Å². The van der Waals surface area contributed by atoms with E-state index < -0.39 is 0 Å². The van der Waals surface area contributed by atoms with E-state index in [2.05, 4.69) is 10.3 Å². The van der Waals surface area contributed by atoms with Gasteiger partial charge in [-0.2, -0.15) is 0 Å². The van der Waals surface area contributed by atoms with E-state index >= 15 is 0 Å². The van der Waals surface area contributed by atoms with Gasteiger partial charge in [0.2, 0.25) is 5.91 Å². The fourth-order valence-corrected chi connectivity index (χ4v) is 5.62. The minimum Gasteiger partial charge on any atom is -0.353 e. The van der Waals surface area contributed by atoms with E-state index in [0.717, 1.165) is 54.8 Å². The Bertz CT molecular complexity index is 913. The van der Waals surface area contributed by atoms with Crippen LogP contribution in [0, 0.1) is 18.7 Å². The molecule has 2 fully saturated rings. The van der Waals surface area contributed by atoms with Crippen LogP contribution in [0.25, 0.3) is 0 Å².